The summed E-state index contributed by atoms with van der Waals surface area (Å²) in [7, 11) is -2.20. The molecule has 0 radical (unpaired) electrons. The van der Waals surface area contributed by atoms with Gasteiger partial charge >= 0.3 is 0 Å². The lowest BCUT2D eigenvalue weighted by Crippen LogP contribution is -2.43. The molecule has 1 aliphatic rings. The number of rotatable bonds is 7. The SMILES string of the molecule is Cc1cccc(C(CNS(=O)(=O)c2cc(C(N)=O)n(C)c2)N2CCOCC2)c1. The Morgan fingerprint density at radius 3 is 2.61 bits per heavy atom. The average molecular weight is 407 g/mol. The number of aryl methyl sites for hydroxylation is 2. The van der Waals surface area contributed by atoms with Crippen molar-refractivity contribution in [3.8, 4) is 0 Å². The van der Waals surface area contributed by atoms with Crippen molar-refractivity contribution in [2.75, 3.05) is 32.8 Å². The van der Waals surface area contributed by atoms with Crippen LogP contribution in [-0.4, -0.2) is 56.6 Å². The first-order valence-electron chi connectivity index (χ1n) is 9.12. The normalized spacial score (nSPS) is 16.8. The summed E-state index contributed by atoms with van der Waals surface area (Å²) in [5.74, 6) is -0.671. The van der Waals surface area contributed by atoms with Crippen molar-refractivity contribution in [1.29, 1.82) is 0 Å². The quantitative estimate of drug-likeness (QED) is 0.707. The van der Waals surface area contributed by atoms with Gasteiger partial charge in [0.2, 0.25) is 10.0 Å². The smallest absolute Gasteiger partial charge is 0.265 e. The van der Waals surface area contributed by atoms with Crippen LogP contribution in [0.2, 0.25) is 0 Å². The summed E-state index contributed by atoms with van der Waals surface area (Å²) in [5.41, 5.74) is 7.60. The summed E-state index contributed by atoms with van der Waals surface area (Å²) in [4.78, 5) is 13.7. The summed E-state index contributed by atoms with van der Waals surface area (Å²) in [5, 5.41) is 0. The lowest BCUT2D eigenvalue weighted by Gasteiger charge is -2.35. The van der Waals surface area contributed by atoms with Crippen LogP contribution >= 0.6 is 0 Å². The Morgan fingerprint density at radius 1 is 1.29 bits per heavy atom. The summed E-state index contributed by atoms with van der Waals surface area (Å²) in [6.45, 7) is 4.94. The van der Waals surface area contributed by atoms with E-state index in [-0.39, 0.29) is 23.2 Å². The van der Waals surface area contributed by atoms with E-state index in [2.05, 4.69) is 15.7 Å². The van der Waals surface area contributed by atoms with Crippen LogP contribution in [0, 0.1) is 6.92 Å². The molecule has 152 valence electrons. The lowest BCUT2D eigenvalue weighted by atomic mass is 10.0. The topological polar surface area (TPSA) is 107 Å². The molecule has 0 saturated carbocycles. The number of ether oxygens (including phenoxy) is 1. The number of hydrogen-bond acceptors (Lipinski definition) is 5. The van der Waals surface area contributed by atoms with Gasteiger partial charge in [-0.3, -0.25) is 9.69 Å². The molecule has 9 heteroatoms. The maximum atomic E-state index is 12.8. The molecule has 1 saturated heterocycles. The fourth-order valence-corrected chi connectivity index (χ4v) is 4.53. The lowest BCUT2D eigenvalue weighted by molar-refractivity contribution is 0.0172. The van der Waals surface area contributed by atoms with E-state index in [9.17, 15) is 13.2 Å². The summed E-state index contributed by atoms with van der Waals surface area (Å²) in [6, 6.07) is 9.25. The molecule has 0 aliphatic carbocycles. The second-order valence-corrected chi connectivity index (χ2v) is 8.73. The molecule has 3 rings (SSSR count). The van der Waals surface area contributed by atoms with E-state index in [1.807, 2.05) is 25.1 Å². The molecule has 2 heterocycles. The molecule has 3 N–H and O–H groups in total. The Bertz CT molecular complexity index is 949. The summed E-state index contributed by atoms with van der Waals surface area (Å²) >= 11 is 0. The fourth-order valence-electron chi connectivity index (χ4n) is 3.42. The van der Waals surface area contributed by atoms with Crippen LogP contribution in [0.5, 0.6) is 0 Å². The number of nitrogens with two attached hydrogens (primary N) is 1. The third-order valence-corrected chi connectivity index (χ3v) is 6.31. The van der Waals surface area contributed by atoms with Crippen LogP contribution in [0.25, 0.3) is 0 Å². The molecule has 1 atom stereocenters. The Hall–Kier alpha value is -2.20. The number of amides is 1. The highest BCUT2D eigenvalue weighted by Gasteiger charge is 2.26. The van der Waals surface area contributed by atoms with Gasteiger partial charge in [-0.1, -0.05) is 29.8 Å². The molecule has 0 bridgehead atoms. The van der Waals surface area contributed by atoms with Crippen molar-refractivity contribution in [2.24, 2.45) is 12.8 Å². The minimum Gasteiger partial charge on any atom is -0.379 e. The average Bonchev–Trinajstić information content (AvgIpc) is 3.06. The number of benzene rings is 1. The van der Waals surface area contributed by atoms with E-state index >= 15 is 0 Å². The van der Waals surface area contributed by atoms with Crippen LogP contribution in [-0.2, 0) is 21.8 Å². The van der Waals surface area contributed by atoms with E-state index in [0.29, 0.717) is 13.2 Å². The maximum Gasteiger partial charge on any atom is 0.265 e. The highest BCUT2D eigenvalue weighted by molar-refractivity contribution is 7.89. The molecular formula is C19H26N4O4S. The number of nitrogens with one attached hydrogen (secondary N) is 1. The van der Waals surface area contributed by atoms with Gasteiger partial charge in [0.25, 0.3) is 5.91 Å². The van der Waals surface area contributed by atoms with E-state index in [4.69, 9.17) is 10.5 Å². The van der Waals surface area contributed by atoms with Crippen molar-refractivity contribution >= 4 is 15.9 Å². The molecule has 8 nitrogen and oxygen atoms in total. The zero-order valence-corrected chi connectivity index (χ0v) is 16.9. The second-order valence-electron chi connectivity index (χ2n) is 6.97. The van der Waals surface area contributed by atoms with Gasteiger partial charge in [0.1, 0.15) is 10.6 Å². The van der Waals surface area contributed by atoms with Crippen molar-refractivity contribution in [3.63, 3.8) is 0 Å². The number of morpholine rings is 1. The standard InChI is InChI=1S/C19H26N4O4S/c1-14-4-3-5-15(10-14)18(23-6-8-27-9-7-23)12-21-28(25,26)16-11-17(19(20)24)22(2)13-16/h3-5,10-11,13,18,21H,6-9,12H2,1-2H3,(H2,20,24). The van der Waals surface area contributed by atoms with E-state index in [0.717, 1.165) is 24.2 Å². The highest BCUT2D eigenvalue weighted by atomic mass is 32.2. The largest absolute Gasteiger partial charge is 0.379 e. The molecule has 1 fully saturated rings. The Balaban J connectivity index is 1.82. The molecule has 1 aromatic carbocycles. The number of carbonyl (C=O) groups excluding carboxylic acids is 1. The fraction of sp³-hybridized carbons (Fsp3) is 0.421. The van der Waals surface area contributed by atoms with Crippen molar-refractivity contribution in [2.45, 2.75) is 17.9 Å². The van der Waals surface area contributed by atoms with Gasteiger partial charge in [0.15, 0.2) is 0 Å². The predicted molar refractivity (Wildman–Crippen MR) is 105 cm³/mol. The van der Waals surface area contributed by atoms with E-state index < -0.39 is 15.9 Å². The number of primary amides is 1. The zero-order chi connectivity index (χ0) is 20.3. The van der Waals surface area contributed by atoms with Crippen LogP contribution < -0.4 is 10.5 Å². The van der Waals surface area contributed by atoms with Gasteiger partial charge in [-0.2, -0.15) is 0 Å². The summed E-state index contributed by atoms with van der Waals surface area (Å²) < 4.78 is 35.1. The Labute approximate surface area is 165 Å². The van der Waals surface area contributed by atoms with Gasteiger partial charge in [-0.25, -0.2) is 13.1 Å². The van der Waals surface area contributed by atoms with Gasteiger partial charge in [-0.05, 0) is 18.6 Å². The van der Waals surface area contributed by atoms with Crippen LogP contribution in [0.1, 0.15) is 27.7 Å². The zero-order valence-electron chi connectivity index (χ0n) is 16.1. The number of nitrogens with zero attached hydrogens (tertiary/aromatic N) is 2. The summed E-state index contributed by atoms with van der Waals surface area (Å²) in [6.07, 6.45) is 1.39. The van der Waals surface area contributed by atoms with Crippen LogP contribution in [0.15, 0.2) is 41.4 Å². The number of carbonyl (C=O) groups is 1. The maximum absolute atomic E-state index is 12.8. The number of aromatic nitrogens is 1. The van der Waals surface area contributed by atoms with Gasteiger partial charge < -0.3 is 15.0 Å². The molecular weight excluding hydrogens is 380 g/mol. The van der Waals surface area contributed by atoms with Crippen molar-refractivity contribution in [1.82, 2.24) is 14.2 Å². The molecule has 1 unspecified atom stereocenters. The third kappa shape index (κ3) is 4.61. The number of sulfonamides is 1. The first-order chi connectivity index (χ1) is 13.3. The van der Waals surface area contributed by atoms with Crippen LogP contribution in [0.4, 0.5) is 0 Å². The second kappa shape index (κ2) is 8.44. The van der Waals surface area contributed by atoms with Crippen molar-refractivity contribution < 1.29 is 17.9 Å². The highest BCUT2D eigenvalue weighted by Crippen LogP contribution is 2.23. The molecule has 2 aromatic rings. The van der Waals surface area contributed by atoms with Gasteiger partial charge in [0.05, 0.1) is 13.2 Å². The van der Waals surface area contributed by atoms with E-state index in [1.165, 1.54) is 16.8 Å². The third-order valence-electron chi connectivity index (χ3n) is 4.92. The molecule has 1 amide bonds. The monoisotopic (exact) mass is 406 g/mol. The van der Waals surface area contributed by atoms with E-state index in [1.54, 1.807) is 7.05 Å². The first kappa shape index (κ1) is 20.5. The Morgan fingerprint density at radius 2 is 2.00 bits per heavy atom. The minimum absolute atomic E-state index is 0.0220. The molecule has 28 heavy (non-hydrogen) atoms. The molecule has 1 aliphatic heterocycles. The Kier molecular flexibility index (Phi) is 6.19. The van der Waals surface area contributed by atoms with Gasteiger partial charge in [-0.15, -0.1) is 0 Å². The molecule has 1 aromatic heterocycles. The first-order valence-corrected chi connectivity index (χ1v) is 10.6. The minimum atomic E-state index is -3.78. The van der Waals surface area contributed by atoms with Crippen LogP contribution in [0.3, 0.4) is 0 Å². The predicted octanol–water partition coefficient (Wildman–Crippen LogP) is 0.784. The van der Waals surface area contributed by atoms with Crippen molar-refractivity contribution in [3.05, 3.63) is 53.3 Å². The molecule has 0 spiro atoms. The number of hydrogen-bond donors (Lipinski definition) is 2. The van der Waals surface area contributed by atoms with Gasteiger partial charge in [0, 0.05) is 38.9 Å².